The van der Waals surface area contributed by atoms with Gasteiger partial charge in [0.25, 0.3) is 0 Å². The minimum atomic E-state index is 0. The Balaban J connectivity index is 0.00000242. The monoisotopic (exact) mass is 375 g/mol. The molecule has 0 aliphatic carbocycles. The van der Waals surface area contributed by atoms with E-state index in [9.17, 15) is 4.79 Å². The number of likely N-dealkylation sites (N-methyl/N-ethyl adjacent to an activating group) is 1. The number of nitrogens with zero attached hydrogens (tertiary/aromatic N) is 1. The number of hydrogen-bond acceptors (Lipinski definition) is 4. The van der Waals surface area contributed by atoms with Gasteiger partial charge in [-0.2, -0.15) is 11.3 Å². The summed E-state index contributed by atoms with van der Waals surface area (Å²) in [5.74, 6) is 0.000864. The molecule has 128 valence electrons. The van der Waals surface area contributed by atoms with Crippen LogP contribution in [0.2, 0.25) is 0 Å². The number of halogens is 2. The third kappa shape index (κ3) is 7.22. The Kier molecular flexibility index (Phi) is 10.7. The van der Waals surface area contributed by atoms with E-state index in [2.05, 4.69) is 32.4 Å². The fraction of sp³-hybridized carbons (Fsp3) is 0.312. The second kappa shape index (κ2) is 11.3. The van der Waals surface area contributed by atoms with Gasteiger partial charge in [0.15, 0.2) is 0 Å². The molecule has 7 heteroatoms. The van der Waals surface area contributed by atoms with E-state index in [-0.39, 0.29) is 43.3 Å². The van der Waals surface area contributed by atoms with Crippen LogP contribution in [0.1, 0.15) is 11.6 Å². The summed E-state index contributed by atoms with van der Waals surface area (Å²) < 4.78 is 0. The van der Waals surface area contributed by atoms with Crippen LogP contribution in [-0.4, -0.2) is 38.0 Å². The van der Waals surface area contributed by atoms with E-state index >= 15 is 0 Å². The van der Waals surface area contributed by atoms with Crippen LogP contribution in [0.25, 0.3) is 0 Å². The molecule has 0 aliphatic heterocycles. The molecule has 0 saturated carbocycles. The Morgan fingerprint density at radius 2 is 1.87 bits per heavy atom. The van der Waals surface area contributed by atoms with Crippen LogP contribution >= 0.6 is 36.2 Å². The first-order chi connectivity index (χ1) is 10.2. The van der Waals surface area contributed by atoms with Gasteiger partial charge in [0.1, 0.15) is 0 Å². The van der Waals surface area contributed by atoms with E-state index in [0.717, 1.165) is 5.69 Å². The highest BCUT2D eigenvalue weighted by atomic mass is 35.5. The van der Waals surface area contributed by atoms with Gasteiger partial charge in [0, 0.05) is 12.2 Å². The summed E-state index contributed by atoms with van der Waals surface area (Å²) in [4.78, 5) is 14.0. The van der Waals surface area contributed by atoms with Crippen LogP contribution in [0.4, 0.5) is 5.69 Å². The normalized spacial score (nSPS) is 11.1. The van der Waals surface area contributed by atoms with Gasteiger partial charge in [-0.15, -0.1) is 24.8 Å². The number of rotatable bonds is 7. The molecule has 1 unspecified atom stereocenters. The Labute approximate surface area is 154 Å². The molecule has 1 atom stereocenters. The van der Waals surface area contributed by atoms with E-state index in [1.54, 1.807) is 11.3 Å². The first-order valence-electron chi connectivity index (χ1n) is 6.91. The lowest BCUT2D eigenvalue weighted by atomic mass is 10.1. The average molecular weight is 376 g/mol. The molecular formula is C16H23Cl2N3OS. The van der Waals surface area contributed by atoms with Crippen molar-refractivity contribution in [2.24, 2.45) is 0 Å². The summed E-state index contributed by atoms with van der Waals surface area (Å²) in [6.07, 6.45) is 0. The second-order valence-corrected chi connectivity index (χ2v) is 5.84. The average Bonchev–Trinajstić information content (AvgIpc) is 3.00. The van der Waals surface area contributed by atoms with Gasteiger partial charge >= 0.3 is 0 Å². The number of thiophene rings is 1. The molecule has 1 aromatic heterocycles. The zero-order valence-corrected chi connectivity index (χ0v) is 15.6. The van der Waals surface area contributed by atoms with E-state index in [1.165, 1.54) is 5.56 Å². The van der Waals surface area contributed by atoms with Gasteiger partial charge in [0.2, 0.25) is 5.91 Å². The van der Waals surface area contributed by atoms with Crippen molar-refractivity contribution in [3.8, 4) is 0 Å². The number of carbonyl (C=O) groups is 1. The number of amides is 1. The van der Waals surface area contributed by atoms with Crippen LogP contribution in [0.15, 0.2) is 47.2 Å². The molecule has 0 saturated heterocycles. The summed E-state index contributed by atoms with van der Waals surface area (Å²) in [6, 6.07) is 12.0. The fourth-order valence-corrected chi connectivity index (χ4v) is 2.78. The maximum Gasteiger partial charge on any atom is 0.239 e. The highest BCUT2D eigenvalue weighted by Gasteiger charge is 2.15. The quantitative estimate of drug-likeness (QED) is 0.778. The fourth-order valence-electron chi connectivity index (χ4n) is 2.07. The SMILES string of the molecule is CN(C)C(CNC(=O)CNc1ccccc1)c1ccsc1.Cl.Cl. The third-order valence-corrected chi connectivity index (χ3v) is 3.97. The summed E-state index contributed by atoms with van der Waals surface area (Å²) in [6.45, 7) is 0.896. The second-order valence-electron chi connectivity index (χ2n) is 5.06. The number of nitrogens with one attached hydrogen (secondary N) is 2. The van der Waals surface area contributed by atoms with Crippen molar-refractivity contribution in [1.82, 2.24) is 10.2 Å². The molecule has 1 heterocycles. The van der Waals surface area contributed by atoms with Gasteiger partial charge in [-0.1, -0.05) is 18.2 Å². The molecule has 1 aromatic carbocycles. The van der Waals surface area contributed by atoms with Gasteiger partial charge in [-0.3, -0.25) is 4.79 Å². The van der Waals surface area contributed by atoms with Crippen LogP contribution in [0.3, 0.4) is 0 Å². The Bertz CT molecular complexity index is 550. The van der Waals surface area contributed by atoms with Crippen molar-refractivity contribution in [3.63, 3.8) is 0 Å². The molecule has 4 nitrogen and oxygen atoms in total. The lowest BCUT2D eigenvalue weighted by Gasteiger charge is -2.24. The number of hydrogen-bond donors (Lipinski definition) is 2. The van der Waals surface area contributed by atoms with E-state index in [0.29, 0.717) is 6.54 Å². The lowest BCUT2D eigenvalue weighted by Crippen LogP contribution is -2.37. The predicted molar refractivity (Wildman–Crippen MR) is 103 cm³/mol. The molecule has 2 N–H and O–H groups in total. The zero-order chi connectivity index (χ0) is 15.1. The summed E-state index contributed by atoms with van der Waals surface area (Å²) in [5.41, 5.74) is 2.19. The van der Waals surface area contributed by atoms with Crippen molar-refractivity contribution >= 4 is 47.7 Å². The van der Waals surface area contributed by atoms with Gasteiger partial charge < -0.3 is 15.5 Å². The van der Waals surface area contributed by atoms with E-state index in [4.69, 9.17) is 0 Å². The number of benzene rings is 1. The molecule has 0 fully saturated rings. The molecule has 0 spiro atoms. The van der Waals surface area contributed by atoms with Crippen molar-refractivity contribution in [2.75, 3.05) is 32.5 Å². The zero-order valence-electron chi connectivity index (χ0n) is 13.2. The number of para-hydroxylation sites is 1. The Morgan fingerprint density at radius 3 is 2.43 bits per heavy atom. The summed E-state index contributed by atoms with van der Waals surface area (Å²) >= 11 is 1.68. The van der Waals surface area contributed by atoms with Crippen molar-refractivity contribution < 1.29 is 4.79 Å². The van der Waals surface area contributed by atoms with Gasteiger partial charge in [-0.05, 0) is 48.6 Å². The first kappa shape index (κ1) is 21.7. The Morgan fingerprint density at radius 1 is 1.17 bits per heavy atom. The minimum absolute atomic E-state index is 0. The highest BCUT2D eigenvalue weighted by Crippen LogP contribution is 2.19. The largest absolute Gasteiger partial charge is 0.376 e. The molecule has 1 amide bonds. The topological polar surface area (TPSA) is 44.4 Å². The lowest BCUT2D eigenvalue weighted by molar-refractivity contribution is -0.119. The molecule has 0 aliphatic rings. The molecule has 23 heavy (non-hydrogen) atoms. The summed E-state index contributed by atoms with van der Waals surface area (Å²) in [7, 11) is 4.05. The highest BCUT2D eigenvalue weighted by molar-refractivity contribution is 7.07. The van der Waals surface area contributed by atoms with Crippen LogP contribution < -0.4 is 10.6 Å². The van der Waals surface area contributed by atoms with Crippen molar-refractivity contribution in [3.05, 3.63) is 52.7 Å². The Hall–Kier alpha value is -1.27. The van der Waals surface area contributed by atoms with E-state index < -0.39 is 0 Å². The van der Waals surface area contributed by atoms with E-state index in [1.807, 2.05) is 44.4 Å². The van der Waals surface area contributed by atoms with Crippen LogP contribution in [0, 0.1) is 0 Å². The maximum absolute atomic E-state index is 11.9. The van der Waals surface area contributed by atoms with Gasteiger partial charge in [0.05, 0.1) is 12.6 Å². The van der Waals surface area contributed by atoms with Gasteiger partial charge in [-0.25, -0.2) is 0 Å². The molecule has 2 aromatic rings. The standard InChI is InChI=1S/C16H21N3OS.2ClH/c1-19(2)15(13-8-9-21-12-13)10-18-16(20)11-17-14-6-4-3-5-7-14;;/h3-9,12,15,17H,10-11H2,1-2H3,(H,18,20);2*1H. The molecular weight excluding hydrogens is 353 g/mol. The minimum Gasteiger partial charge on any atom is -0.376 e. The van der Waals surface area contributed by atoms with Crippen molar-refractivity contribution in [1.29, 1.82) is 0 Å². The van der Waals surface area contributed by atoms with Crippen LogP contribution in [0.5, 0.6) is 0 Å². The third-order valence-electron chi connectivity index (χ3n) is 3.27. The number of carbonyl (C=O) groups excluding carboxylic acids is 1. The maximum atomic E-state index is 11.9. The summed E-state index contributed by atoms with van der Waals surface area (Å²) in [5, 5.41) is 10.3. The molecule has 2 rings (SSSR count). The first-order valence-corrected chi connectivity index (χ1v) is 7.85. The molecule has 0 bridgehead atoms. The van der Waals surface area contributed by atoms with Crippen LogP contribution in [-0.2, 0) is 4.79 Å². The molecule has 0 radical (unpaired) electrons. The van der Waals surface area contributed by atoms with Crippen molar-refractivity contribution in [2.45, 2.75) is 6.04 Å². The smallest absolute Gasteiger partial charge is 0.239 e. The number of anilines is 1. The predicted octanol–water partition coefficient (Wildman–Crippen LogP) is 3.42.